The minimum absolute atomic E-state index is 0.0129. The van der Waals surface area contributed by atoms with Crippen molar-refractivity contribution in [1.82, 2.24) is 4.90 Å². The van der Waals surface area contributed by atoms with Gasteiger partial charge in [-0.05, 0) is 17.7 Å². The van der Waals surface area contributed by atoms with Gasteiger partial charge in [-0.15, -0.1) is 0 Å². The molecule has 0 radical (unpaired) electrons. The highest BCUT2D eigenvalue weighted by Gasteiger charge is 2.37. The van der Waals surface area contributed by atoms with Crippen molar-refractivity contribution in [3.63, 3.8) is 0 Å². The van der Waals surface area contributed by atoms with E-state index in [2.05, 4.69) is 0 Å². The third-order valence-corrected chi connectivity index (χ3v) is 4.57. The van der Waals surface area contributed by atoms with Crippen molar-refractivity contribution in [2.75, 3.05) is 24.5 Å². The fraction of sp³-hybridized carbons (Fsp3) is 0.263. The first-order valence-corrected chi connectivity index (χ1v) is 8.76. The molecular weight excluding hydrogens is 385 g/mol. The molecule has 152 valence electrons. The summed E-state index contributed by atoms with van der Waals surface area (Å²) in [5.74, 6) is -2.06. The molecule has 1 unspecified atom stereocenters. The number of carbonyl (C=O) groups excluding carboxylic acids is 1. The van der Waals surface area contributed by atoms with Crippen LogP contribution in [0.1, 0.15) is 5.56 Å². The summed E-state index contributed by atoms with van der Waals surface area (Å²) in [4.78, 5) is 37.1. The number of anilines is 1. The zero-order valence-corrected chi connectivity index (χ0v) is 15.2. The third-order valence-electron chi connectivity index (χ3n) is 4.57. The second kappa shape index (κ2) is 8.55. The van der Waals surface area contributed by atoms with Crippen molar-refractivity contribution < 1.29 is 28.7 Å². The number of benzene rings is 2. The number of rotatable bonds is 5. The standard InChI is InChI=1S/C19H18FN3O6/c20-14-6-7-15(16(10-14)23(27)28)22-9-8-21(11-17(22)18(24)25)19(26)29-12-13-4-2-1-3-5-13/h1-7,10,17H,8-9,11-12H2,(H,24,25). The van der Waals surface area contributed by atoms with Crippen LogP contribution >= 0.6 is 0 Å². The van der Waals surface area contributed by atoms with Crippen molar-refractivity contribution in [1.29, 1.82) is 0 Å². The van der Waals surface area contributed by atoms with Gasteiger partial charge in [-0.3, -0.25) is 10.1 Å². The Morgan fingerprint density at radius 3 is 2.59 bits per heavy atom. The highest BCUT2D eigenvalue weighted by Crippen LogP contribution is 2.32. The van der Waals surface area contributed by atoms with Gasteiger partial charge in [0.05, 0.1) is 17.5 Å². The highest BCUT2D eigenvalue weighted by atomic mass is 19.1. The molecule has 10 heteroatoms. The van der Waals surface area contributed by atoms with Gasteiger partial charge in [0.1, 0.15) is 24.2 Å². The average molecular weight is 403 g/mol. The number of nitro groups is 1. The quantitative estimate of drug-likeness (QED) is 0.603. The highest BCUT2D eigenvalue weighted by molar-refractivity contribution is 5.82. The number of halogens is 1. The molecule has 1 fully saturated rings. The van der Waals surface area contributed by atoms with E-state index in [1.165, 1.54) is 15.9 Å². The number of piperazine rings is 1. The Bertz CT molecular complexity index is 923. The normalized spacial score (nSPS) is 16.4. The molecular formula is C19H18FN3O6. The van der Waals surface area contributed by atoms with Gasteiger partial charge in [-0.1, -0.05) is 30.3 Å². The van der Waals surface area contributed by atoms with E-state index in [0.717, 1.165) is 17.7 Å². The van der Waals surface area contributed by atoms with Gasteiger partial charge in [0.2, 0.25) is 0 Å². The summed E-state index contributed by atoms with van der Waals surface area (Å²) in [7, 11) is 0. The minimum atomic E-state index is -1.26. The largest absolute Gasteiger partial charge is 0.480 e. The number of carbonyl (C=O) groups is 2. The molecule has 1 aliphatic heterocycles. The van der Waals surface area contributed by atoms with Gasteiger partial charge in [-0.25, -0.2) is 14.0 Å². The van der Waals surface area contributed by atoms with Crippen LogP contribution in [0.2, 0.25) is 0 Å². The minimum Gasteiger partial charge on any atom is -0.480 e. The zero-order chi connectivity index (χ0) is 21.0. The van der Waals surface area contributed by atoms with Gasteiger partial charge in [-0.2, -0.15) is 0 Å². The van der Waals surface area contributed by atoms with Crippen LogP contribution in [-0.4, -0.2) is 52.7 Å². The van der Waals surface area contributed by atoms with Gasteiger partial charge < -0.3 is 19.6 Å². The molecule has 0 spiro atoms. The van der Waals surface area contributed by atoms with Crippen molar-refractivity contribution >= 4 is 23.4 Å². The number of hydrogen-bond acceptors (Lipinski definition) is 6. The van der Waals surface area contributed by atoms with E-state index >= 15 is 0 Å². The number of aliphatic carboxylic acids is 1. The summed E-state index contributed by atoms with van der Waals surface area (Å²) in [5.41, 5.74) is 0.244. The number of hydrogen-bond donors (Lipinski definition) is 1. The molecule has 0 aliphatic carbocycles. The summed E-state index contributed by atoms with van der Waals surface area (Å²) in [6.07, 6.45) is -0.673. The van der Waals surface area contributed by atoms with Crippen molar-refractivity contribution in [3.05, 3.63) is 70.0 Å². The molecule has 2 aromatic carbocycles. The number of carboxylic acids is 1. The maximum absolute atomic E-state index is 13.4. The zero-order valence-electron chi connectivity index (χ0n) is 15.2. The van der Waals surface area contributed by atoms with Gasteiger partial charge in [0.15, 0.2) is 0 Å². The summed E-state index contributed by atoms with van der Waals surface area (Å²) in [5, 5.41) is 20.9. The molecule has 2 aromatic rings. The molecule has 9 nitrogen and oxygen atoms in total. The van der Waals surface area contributed by atoms with E-state index in [4.69, 9.17) is 4.74 Å². The first-order valence-electron chi connectivity index (χ1n) is 8.76. The fourth-order valence-corrected chi connectivity index (χ4v) is 3.14. The summed E-state index contributed by atoms with van der Waals surface area (Å²) in [6, 6.07) is 10.7. The Hall–Kier alpha value is -3.69. The van der Waals surface area contributed by atoms with Crippen LogP contribution in [0.5, 0.6) is 0 Å². The number of nitrogens with zero attached hydrogens (tertiary/aromatic N) is 3. The molecule has 0 bridgehead atoms. The van der Waals surface area contributed by atoms with Gasteiger partial charge in [0, 0.05) is 13.1 Å². The second-order valence-electron chi connectivity index (χ2n) is 6.42. The van der Waals surface area contributed by atoms with Gasteiger partial charge >= 0.3 is 12.1 Å². The number of amides is 1. The van der Waals surface area contributed by atoms with Crippen LogP contribution in [0.4, 0.5) is 20.6 Å². The number of nitro benzene ring substituents is 1. The topological polar surface area (TPSA) is 113 Å². The van der Waals surface area contributed by atoms with Crippen LogP contribution in [0, 0.1) is 15.9 Å². The van der Waals surface area contributed by atoms with Crippen molar-refractivity contribution in [2.45, 2.75) is 12.6 Å². The molecule has 1 saturated heterocycles. The summed E-state index contributed by atoms with van der Waals surface area (Å²) < 4.78 is 18.6. The lowest BCUT2D eigenvalue weighted by molar-refractivity contribution is -0.384. The maximum atomic E-state index is 13.4. The van der Waals surface area contributed by atoms with Crippen LogP contribution in [0.25, 0.3) is 0 Å². The molecule has 1 heterocycles. The Balaban J connectivity index is 1.74. The lowest BCUT2D eigenvalue weighted by Crippen LogP contribution is -2.58. The van der Waals surface area contributed by atoms with E-state index in [1.54, 1.807) is 24.3 Å². The third kappa shape index (κ3) is 4.60. The summed E-state index contributed by atoms with van der Waals surface area (Å²) in [6.45, 7) is -0.0612. The van der Waals surface area contributed by atoms with Crippen LogP contribution in [0.3, 0.4) is 0 Å². The molecule has 1 aliphatic rings. The predicted octanol–water partition coefficient (Wildman–Crippen LogP) is 2.65. The van der Waals surface area contributed by atoms with Gasteiger partial charge in [0.25, 0.3) is 5.69 Å². The van der Waals surface area contributed by atoms with Crippen LogP contribution in [0.15, 0.2) is 48.5 Å². The molecule has 1 atom stereocenters. The molecule has 1 amide bonds. The van der Waals surface area contributed by atoms with E-state index in [9.17, 15) is 29.2 Å². The Morgan fingerprint density at radius 2 is 1.93 bits per heavy atom. The Morgan fingerprint density at radius 1 is 1.21 bits per heavy atom. The number of ether oxygens (including phenoxy) is 1. The van der Waals surface area contributed by atoms with E-state index in [-0.39, 0.29) is 31.9 Å². The molecule has 0 aromatic heterocycles. The van der Waals surface area contributed by atoms with E-state index in [0.29, 0.717) is 0 Å². The van der Waals surface area contributed by atoms with Crippen LogP contribution in [-0.2, 0) is 16.1 Å². The fourth-order valence-electron chi connectivity index (χ4n) is 3.14. The number of carboxylic acid groups (broad SMARTS) is 1. The van der Waals surface area contributed by atoms with E-state index < -0.39 is 34.5 Å². The maximum Gasteiger partial charge on any atom is 0.410 e. The first kappa shape index (κ1) is 20.1. The Labute approximate surface area is 165 Å². The van der Waals surface area contributed by atoms with Crippen molar-refractivity contribution in [3.8, 4) is 0 Å². The average Bonchev–Trinajstić information content (AvgIpc) is 2.72. The SMILES string of the molecule is O=C(O)C1CN(C(=O)OCc2ccccc2)CCN1c1ccc(F)cc1[N+](=O)[O-]. The molecule has 3 rings (SSSR count). The molecule has 1 N–H and O–H groups in total. The summed E-state index contributed by atoms with van der Waals surface area (Å²) >= 11 is 0. The smallest absolute Gasteiger partial charge is 0.410 e. The second-order valence-corrected chi connectivity index (χ2v) is 6.42. The van der Waals surface area contributed by atoms with Crippen LogP contribution < -0.4 is 4.90 Å². The molecule has 0 saturated carbocycles. The van der Waals surface area contributed by atoms with Crippen molar-refractivity contribution in [2.24, 2.45) is 0 Å². The Kier molecular flexibility index (Phi) is 5.91. The first-order chi connectivity index (χ1) is 13.9. The lowest BCUT2D eigenvalue weighted by atomic mass is 10.1. The van der Waals surface area contributed by atoms with E-state index in [1.807, 2.05) is 6.07 Å². The predicted molar refractivity (Wildman–Crippen MR) is 100 cm³/mol. The monoisotopic (exact) mass is 403 g/mol. The lowest BCUT2D eigenvalue weighted by Gasteiger charge is -2.39. The molecule has 29 heavy (non-hydrogen) atoms.